The minimum absolute atomic E-state index is 0.616. The van der Waals surface area contributed by atoms with E-state index in [9.17, 15) is 0 Å². The summed E-state index contributed by atoms with van der Waals surface area (Å²) in [6.07, 6.45) is 0.920. The van der Waals surface area contributed by atoms with Crippen molar-refractivity contribution >= 4 is 17.3 Å². The van der Waals surface area contributed by atoms with E-state index in [4.69, 9.17) is 22.1 Å². The lowest BCUT2D eigenvalue weighted by Crippen LogP contribution is -1.93. The van der Waals surface area contributed by atoms with Crippen molar-refractivity contribution in [3.8, 4) is 16.9 Å². The number of rotatable bonds is 3. The summed E-state index contributed by atoms with van der Waals surface area (Å²) in [6, 6.07) is 11.8. The van der Waals surface area contributed by atoms with Crippen LogP contribution in [0.2, 0.25) is 5.02 Å². The maximum Gasteiger partial charge on any atom is 0.137 e. The van der Waals surface area contributed by atoms with Gasteiger partial charge >= 0.3 is 0 Å². The van der Waals surface area contributed by atoms with Crippen molar-refractivity contribution in [1.29, 1.82) is 0 Å². The molecule has 2 rings (SSSR count). The second-order valence-corrected chi connectivity index (χ2v) is 4.52. The summed E-state index contributed by atoms with van der Waals surface area (Å²) >= 11 is 6.13. The highest BCUT2D eigenvalue weighted by Crippen LogP contribution is 2.31. The molecule has 0 heterocycles. The molecule has 0 atom stereocenters. The SMILES string of the molecule is CCc1cc(-c2ccc(OC)c(Cl)c2)ccc1N. The zero-order chi connectivity index (χ0) is 13.1. The Morgan fingerprint density at radius 3 is 2.39 bits per heavy atom. The van der Waals surface area contributed by atoms with E-state index in [0.717, 1.165) is 28.8 Å². The predicted molar refractivity (Wildman–Crippen MR) is 77.2 cm³/mol. The van der Waals surface area contributed by atoms with Crippen LogP contribution in [-0.2, 0) is 6.42 Å². The van der Waals surface area contributed by atoms with Gasteiger partial charge in [0.15, 0.2) is 0 Å². The second-order valence-electron chi connectivity index (χ2n) is 4.12. The molecule has 0 spiro atoms. The molecule has 0 aliphatic heterocycles. The summed E-state index contributed by atoms with van der Waals surface area (Å²) in [5.41, 5.74) is 10.1. The molecule has 18 heavy (non-hydrogen) atoms. The third-order valence-electron chi connectivity index (χ3n) is 3.01. The van der Waals surface area contributed by atoms with E-state index in [-0.39, 0.29) is 0 Å². The van der Waals surface area contributed by atoms with Gasteiger partial charge in [0.05, 0.1) is 12.1 Å². The van der Waals surface area contributed by atoms with E-state index in [2.05, 4.69) is 13.0 Å². The average Bonchev–Trinajstić information content (AvgIpc) is 2.39. The fourth-order valence-corrected chi connectivity index (χ4v) is 2.20. The molecule has 2 nitrogen and oxygen atoms in total. The van der Waals surface area contributed by atoms with E-state index in [1.165, 1.54) is 0 Å². The van der Waals surface area contributed by atoms with E-state index in [0.29, 0.717) is 10.8 Å². The van der Waals surface area contributed by atoms with Gasteiger partial charge < -0.3 is 10.5 Å². The van der Waals surface area contributed by atoms with Gasteiger partial charge in [-0.05, 0) is 47.4 Å². The van der Waals surface area contributed by atoms with E-state index in [1.54, 1.807) is 7.11 Å². The summed E-state index contributed by atoms with van der Waals surface area (Å²) in [5.74, 6) is 0.687. The quantitative estimate of drug-likeness (QED) is 0.842. The average molecular weight is 262 g/mol. The van der Waals surface area contributed by atoms with E-state index in [1.807, 2.05) is 30.3 Å². The van der Waals surface area contributed by atoms with Gasteiger partial charge in [-0.15, -0.1) is 0 Å². The Hall–Kier alpha value is -1.67. The van der Waals surface area contributed by atoms with Gasteiger partial charge in [0.25, 0.3) is 0 Å². The number of hydrogen-bond donors (Lipinski definition) is 1. The van der Waals surface area contributed by atoms with Crippen LogP contribution in [0.3, 0.4) is 0 Å². The van der Waals surface area contributed by atoms with Crippen molar-refractivity contribution in [2.24, 2.45) is 0 Å². The number of ether oxygens (including phenoxy) is 1. The first-order valence-electron chi connectivity index (χ1n) is 5.88. The maximum absolute atomic E-state index is 6.13. The smallest absolute Gasteiger partial charge is 0.137 e. The number of nitrogen functional groups attached to an aromatic ring is 1. The molecule has 2 aromatic rings. The van der Waals surface area contributed by atoms with E-state index >= 15 is 0 Å². The normalized spacial score (nSPS) is 10.4. The highest BCUT2D eigenvalue weighted by molar-refractivity contribution is 6.32. The maximum atomic E-state index is 6.13. The second kappa shape index (κ2) is 5.32. The van der Waals surface area contributed by atoms with Crippen LogP contribution in [0.5, 0.6) is 5.75 Å². The number of benzene rings is 2. The first kappa shape index (κ1) is 12.8. The van der Waals surface area contributed by atoms with Crippen LogP contribution >= 0.6 is 11.6 Å². The lowest BCUT2D eigenvalue weighted by molar-refractivity contribution is 0.415. The third-order valence-corrected chi connectivity index (χ3v) is 3.30. The van der Waals surface area contributed by atoms with Crippen LogP contribution in [0.4, 0.5) is 5.69 Å². The van der Waals surface area contributed by atoms with Gasteiger partial charge in [-0.3, -0.25) is 0 Å². The van der Waals surface area contributed by atoms with Crippen molar-refractivity contribution in [2.75, 3.05) is 12.8 Å². The fourth-order valence-electron chi connectivity index (χ4n) is 1.94. The van der Waals surface area contributed by atoms with Gasteiger partial charge in [0.1, 0.15) is 5.75 Å². The number of methoxy groups -OCH3 is 1. The topological polar surface area (TPSA) is 35.2 Å². The van der Waals surface area contributed by atoms with Gasteiger partial charge in [-0.2, -0.15) is 0 Å². The summed E-state index contributed by atoms with van der Waals surface area (Å²) in [5, 5.41) is 0.616. The standard InChI is InChI=1S/C15H16ClNO/c1-3-10-8-11(4-6-14(10)17)12-5-7-15(18-2)13(16)9-12/h4-9H,3,17H2,1-2H3. The number of hydrogen-bond acceptors (Lipinski definition) is 2. The number of anilines is 1. The van der Waals surface area contributed by atoms with Crippen LogP contribution in [0.25, 0.3) is 11.1 Å². The van der Waals surface area contributed by atoms with Gasteiger partial charge in [0, 0.05) is 5.69 Å². The van der Waals surface area contributed by atoms with Crippen LogP contribution < -0.4 is 10.5 Å². The van der Waals surface area contributed by atoms with Crippen molar-refractivity contribution in [1.82, 2.24) is 0 Å². The monoisotopic (exact) mass is 261 g/mol. The molecule has 2 N–H and O–H groups in total. The Morgan fingerprint density at radius 2 is 1.78 bits per heavy atom. The summed E-state index contributed by atoms with van der Waals surface area (Å²) in [7, 11) is 1.61. The van der Waals surface area contributed by atoms with E-state index < -0.39 is 0 Å². The van der Waals surface area contributed by atoms with Crippen molar-refractivity contribution in [3.05, 3.63) is 47.0 Å². The van der Waals surface area contributed by atoms with Crippen LogP contribution in [-0.4, -0.2) is 7.11 Å². The van der Waals surface area contributed by atoms with Gasteiger partial charge in [-0.1, -0.05) is 30.7 Å². The molecule has 0 aliphatic rings. The number of halogens is 1. The summed E-state index contributed by atoms with van der Waals surface area (Å²) in [6.45, 7) is 2.09. The fraction of sp³-hybridized carbons (Fsp3) is 0.200. The molecule has 0 radical (unpaired) electrons. The molecule has 2 aromatic carbocycles. The predicted octanol–water partition coefficient (Wildman–Crippen LogP) is 4.16. The largest absolute Gasteiger partial charge is 0.495 e. The lowest BCUT2D eigenvalue weighted by atomic mass is 10.0. The molecule has 3 heteroatoms. The lowest BCUT2D eigenvalue weighted by Gasteiger charge is -2.09. The van der Waals surface area contributed by atoms with Gasteiger partial charge in [-0.25, -0.2) is 0 Å². The Morgan fingerprint density at radius 1 is 1.11 bits per heavy atom. The molecule has 0 aromatic heterocycles. The van der Waals surface area contributed by atoms with Crippen molar-refractivity contribution in [2.45, 2.75) is 13.3 Å². The zero-order valence-corrected chi connectivity index (χ0v) is 11.3. The third kappa shape index (κ3) is 2.44. The van der Waals surface area contributed by atoms with Crippen LogP contribution in [0.1, 0.15) is 12.5 Å². The zero-order valence-electron chi connectivity index (χ0n) is 10.5. The molecular formula is C15H16ClNO. The first-order chi connectivity index (χ1) is 8.65. The summed E-state index contributed by atoms with van der Waals surface area (Å²) in [4.78, 5) is 0. The highest BCUT2D eigenvalue weighted by atomic mass is 35.5. The Labute approximate surface area is 112 Å². The first-order valence-corrected chi connectivity index (χ1v) is 6.25. The number of nitrogens with two attached hydrogens (primary N) is 1. The Bertz CT molecular complexity index is 566. The van der Waals surface area contributed by atoms with Crippen LogP contribution in [0.15, 0.2) is 36.4 Å². The van der Waals surface area contributed by atoms with Crippen molar-refractivity contribution in [3.63, 3.8) is 0 Å². The molecule has 0 unspecified atom stereocenters. The Balaban J connectivity index is 2.45. The minimum atomic E-state index is 0.616. The molecule has 94 valence electrons. The minimum Gasteiger partial charge on any atom is -0.495 e. The molecule has 0 fully saturated rings. The Kier molecular flexibility index (Phi) is 3.78. The van der Waals surface area contributed by atoms with Gasteiger partial charge in [0.2, 0.25) is 0 Å². The molecule has 0 saturated carbocycles. The van der Waals surface area contributed by atoms with Crippen molar-refractivity contribution < 1.29 is 4.74 Å². The molecule has 0 bridgehead atoms. The molecular weight excluding hydrogens is 246 g/mol. The molecule has 0 amide bonds. The highest BCUT2D eigenvalue weighted by Gasteiger charge is 2.05. The van der Waals surface area contributed by atoms with Crippen LogP contribution in [0, 0.1) is 0 Å². The summed E-state index contributed by atoms with van der Waals surface area (Å²) < 4.78 is 5.15. The molecule has 0 saturated heterocycles. The molecule has 0 aliphatic carbocycles. The number of aryl methyl sites for hydroxylation is 1.